The monoisotopic (exact) mass is 183 g/mol. The van der Waals surface area contributed by atoms with E-state index < -0.39 is 0 Å². The standard InChI is InChI=1S/C9H17N3O/c1-11(7-2-3-7)4-5-12-6-8(10)9(12)13/h7-8H,2-6,10H2,1H3. The van der Waals surface area contributed by atoms with E-state index in [1.807, 2.05) is 4.90 Å². The van der Waals surface area contributed by atoms with Gasteiger partial charge in [-0.2, -0.15) is 0 Å². The van der Waals surface area contributed by atoms with Crippen LogP contribution in [0.4, 0.5) is 0 Å². The van der Waals surface area contributed by atoms with Gasteiger partial charge in [-0.05, 0) is 19.9 Å². The smallest absolute Gasteiger partial charge is 0.241 e. The molecule has 1 atom stereocenters. The van der Waals surface area contributed by atoms with Crippen molar-refractivity contribution in [1.82, 2.24) is 9.80 Å². The van der Waals surface area contributed by atoms with Crippen LogP contribution < -0.4 is 5.73 Å². The topological polar surface area (TPSA) is 49.6 Å². The molecule has 0 aromatic rings. The summed E-state index contributed by atoms with van der Waals surface area (Å²) in [6.07, 6.45) is 2.65. The van der Waals surface area contributed by atoms with E-state index in [1.165, 1.54) is 12.8 Å². The van der Waals surface area contributed by atoms with Gasteiger partial charge in [0.05, 0.1) is 0 Å². The summed E-state index contributed by atoms with van der Waals surface area (Å²) in [7, 11) is 2.13. The number of nitrogens with two attached hydrogens (primary N) is 1. The van der Waals surface area contributed by atoms with Crippen LogP contribution in [0.1, 0.15) is 12.8 Å². The van der Waals surface area contributed by atoms with Gasteiger partial charge in [-0.15, -0.1) is 0 Å². The van der Waals surface area contributed by atoms with Crippen LogP contribution >= 0.6 is 0 Å². The number of nitrogens with zero attached hydrogens (tertiary/aromatic N) is 2. The second-order valence-electron chi connectivity index (χ2n) is 4.10. The summed E-state index contributed by atoms with van der Waals surface area (Å²) in [5, 5.41) is 0. The van der Waals surface area contributed by atoms with Crippen LogP contribution in [0.25, 0.3) is 0 Å². The molecule has 1 saturated carbocycles. The number of β-lactam (4-membered cyclic amide) rings is 1. The largest absolute Gasteiger partial charge is 0.338 e. The Morgan fingerprint density at radius 3 is 2.77 bits per heavy atom. The highest BCUT2D eigenvalue weighted by molar-refractivity contribution is 5.87. The van der Waals surface area contributed by atoms with E-state index in [1.54, 1.807) is 0 Å². The number of rotatable bonds is 4. The molecule has 4 heteroatoms. The fourth-order valence-corrected chi connectivity index (χ4v) is 1.71. The zero-order valence-corrected chi connectivity index (χ0v) is 8.07. The van der Waals surface area contributed by atoms with Crippen molar-refractivity contribution in [3.8, 4) is 0 Å². The van der Waals surface area contributed by atoms with Crippen LogP contribution in [-0.4, -0.2) is 54.5 Å². The lowest BCUT2D eigenvalue weighted by Crippen LogP contribution is -2.61. The molecule has 0 spiro atoms. The minimum atomic E-state index is -0.216. The van der Waals surface area contributed by atoms with Crippen LogP contribution in [0.15, 0.2) is 0 Å². The summed E-state index contributed by atoms with van der Waals surface area (Å²) in [6, 6.07) is 0.566. The molecule has 2 fully saturated rings. The first-order valence-corrected chi connectivity index (χ1v) is 4.93. The predicted octanol–water partition coefficient (Wildman–Crippen LogP) is -0.750. The van der Waals surface area contributed by atoms with Crippen molar-refractivity contribution in [3.05, 3.63) is 0 Å². The first-order valence-electron chi connectivity index (χ1n) is 4.93. The van der Waals surface area contributed by atoms with Crippen molar-refractivity contribution in [2.75, 3.05) is 26.7 Å². The summed E-state index contributed by atoms with van der Waals surface area (Å²) in [6.45, 7) is 2.58. The second kappa shape index (κ2) is 3.27. The number of amides is 1. The molecule has 1 unspecified atom stereocenters. The molecule has 2 N–H and O–H groups in total. The van der Waals surface area contributed by atoms with Crippen molar-refractivity contribution < 1.29 is 4.79 Å². The quantitative estimate of drug-likeness (QED) is 0.583. The average Bonchev–Trinajstić information content (AvgIpc) is 2.93. The lowest BCUT2D eigenvalue weighted by atomic mass is 10.1. The Kier molecular flexibility index (Phi) is 2.26. The van der Waals surface area contributed by atoms with Crippen LogP contribution in [-0.2, 0) is 4.79 Å². The molecule has 13 heavy (non-hydrogen) atoms. The molecular weight excluding hydrogens is 166 g/mol. The number of likely N-dealkylation sites (tertiary alicyclic amines) is 1. The van der Waals surface area contributed by atoms with E-state index in [4.69, 9.17) is 5.73 Å². The van der Waals surface area contributed by atoms with Crippen LogP contribution in [0.2, 0.25) is 0 Å². The number of hydrogen-bond donors (Lipinski definition) is 1. The third-order valence-electron chi connectivity index (χ3n) is 2.94. The molecule has 1 heterocycles. The minimum absolute atomic E-state index is 0.115. The highest BCUT2D eigenvalue weighted by atomic mass is 16.2. The molecule has 1 saturated heterocycles. The van der Waals surface area contributed by atoms with E-state index >= 15 is 0 Å². The third-order valence-corrected chi connectivity index (χ3v) is 2.94. The minimum Gasteiger partial charge on any atom is -0.338 e. The van der Waals surface area contributed by atoms with Gasteiger partial charge in [-0.1, -0.05) is 0 Å². The van der Waals surface area contributed by atoms with Crippen molar-refractivity contribution in [2.45, 2.75) is 24.9 Å². The van der Waals surface area contributed by atoms with E-state index in [9.17, 15) is 4.79 Å². The highest BCUT2D eigenvalue weighted by Crippen LogP contribution is 2.25. The number of carbonyl (C=O) groups is 1. The summed E-state index contributed by atoms with van der Waals surface area (Å²) < 4.78 is 0. The van der Waals surface area contributed by atoms with Crippen LogP contribution in [0.3, 0.4) is 0 Å². The Morgan fingerprint density at radius 2 is 2.31 bits per heavy atom. The van der Waals surface area contributed by atoms with E-state index in [0.717, 1.165) is 25.7 Å². The maximum Gasteiger partial charge on any atom is 0.241 e. The molecule has 1 aliphatic heterocycles. The molecular formula is C9H17N3O. The molecule has 1 aliphatic carbocycles. The molecule has 4 nitrogen and oxygen atoms in total. The van der Waals surface area contributed by atoms with Gasteiger partial charge in [-0.25, -0.2) is 0 Å². The first-order chi connectivity index (χ1) is 6.18. The number of carbonyl (C=O) groups excluding carboxylic acids is 1. The molecule has 0 bridgehead atoms. The maximum atomic E-state index is 11.1. The summed E-state index contributed by atoms with van der Waals surface area (Å²) in [5.41, 5.74) is 5.49. The molecule has 2 rings (SSSR count). The Morgan fingerprint density at radius 1 is 1.62 bits per heavy atom. The summed E-state index contributed by atoms with van der Waals surface area (Å²) in [4.78, 5) is 15.3. The predicted molar refractivity (Wildman–Crippen MR) is 50.2 cm³/mol. The Bertz CT molecular complexity index is 215. The molecule has 2 aliphatic rings. The Hall–Kier alpha value is -0.610. The van der Waals surface area contributed by atoms with Crippen molar-refractivity contribution in [1.29, 1.82) is 0 Å². The summed E-state index contributed by atoms with van der Waals surface area (Å²) >= 11 is 0. The molecule has 0 aromatic carbocycles. The van der Waals surface area contributed by atoms with Crippen molar-refractivity contribution >= 4 is 5.91 Å². The van der Waals surface area contributed by atoms with Gasteiger partial charge in [0, 0.05) is 25.7 Å². The zero-order chi connectivity index (χ0) is 9.42. The van der Waals surface area contributed by atoms with Gasteiger partial charge in [0.15, 0.2) is 0 Å². The van der Waals surface area contributed by atoms with Crippen LogP contribution in [0.5, 0.6) is 0 Å². The van der Waals surface area contributed by atoms with E-state index in [2.05, 4.69) is 11.9 Å². The highest BCUT2D eigenvalue weighted by Gasteiger charge is 2.34. The lowest BCUT2D eigenvalue weighted by Gasteiger charge is -2.37. The van der Waals surface area contributed by atoms with E-state index in [-0.39, 0.29) is 11.9 Å². The van der Waals surface area contributed by atoms with Gasteiger partial charge in [0.1, 0.15) is 6.04 Å². The zero-order valence-electron chi connectivity index (χ0n) is 8.07. The third kappa shape index (κ3) is 1.84. The Balaban J connectivity index is 1.65. The number of hydrogen-bond acceptors (Lipinski definition) is 3. The van der Waals surface area contributed by atoms with Gasteiger partial charge in [0.2, 0.25) is 5.91 Å². The van der Waals surface area contributed by atoms with Gasteiger partial charge >= 0.3 is 0 Å². The molecule has 1 amide bonds. The van der Waals surface area contributed by atoms with Gasteiger partial charge in [-0.3, -0.25) is 4.79 Å². The summed E-state index contributed by atoms with van der Waals surface area (Å²) in [5.74, 6) is 0.115. The fraction of sp³-hybridized carbons (Fsp3) is 0.889. The first kappa shape index (κ1) is 8.97. The molecule has 0 radical (unpaired) electrons. The maximum absolute atomic E-state index is 11.1. The lowest BCUT2D eigenvalue weighted by molar-refractivity contribution is -0.142. The van der Waals surface area contributed by atoms with Crippen molar-refractivity contribution in [3.63, 3.8) is 0 Å². The van der Waals surface area contributed by atoms with Gasteiger partial charge < -0.3 is 15.5 Å². The molecule has 74 valence electrons. The van der Waals surface area contributed by atoms with Crippen LogP contribution in [0, 0.1) is 0 Å². The van der Waals surface area contributed by atoms with E-state index in [0.29, 0.717) is 0 Å². The Labute approximate surface area is 78.7 Å². The normalized spacial score (nSPS) is 28.1. The second-order valence-corrected chi connectivity index (χ2v) is 4.10. The van der Waals surface area contributed by atoms with Gasteiger partial charge in [0.25, 0.3) is 0 Å². The molecule has 0 aromatic heterocycles. The average molecular weight is 183 g/mol. The van der Waals surface area contributed by atoms with Crippen molar-refractivity contribution in [2.24, 2.45) is 5.73 Å². The number of likely N-dealkylation sites (N-methyl/N-ethyl adjacent to an activating group) is 1. The SMILES string of the molecule is CN(CCN1CC(N)C1=O)C1CC1. The fourth-order valence-electron chi connectivity index (χ4n) is 1.71.